The molecule has 3 aromatic carbocycles. The Morgan fingerprint density at radius 1 is 1.04 bits per heavy atom. The van der Waals surface area contributed by atoms with E-state index in [-0.39, 0.29) is 23.4 Å². The maximum Gasteiger partial charge on any atom is 0.309 e. The van der Waals surface area contributed by atoms with E-state index in [4.69, 9.17) is 19.0 Å². The van der Waals surface area contributed by atoms with Gasteiger partial charge in [-0.25, -0.2) is 14.4 Å². The van der Waals surface area contributed by atoms with E-state index in [1.165, 1.54) is 12.1 Å². The fourth-order valence-electron chi connectivity index (χ4n) is 6.05. The molecule has 1 unspecified atom stereocenters. The van der Waals surface area contributed by atoms with Gasteiger partial charge in [-0.3, -0.25) is 14.2 Å². The number of aromatic nitrogens is 3. The molecule has 2 aliphatic rings. The number of rotatable bonds is 6. The molecule has 3 heterocycles. The molecule has 0 amide bonds. The molecule has 1 fully saturated rings. The van der Waals surface area contributed by atoms with E-state index in [0.717, 1.165) is 11.1 Å². The third-order valence-corrected chi connectivity index (χ3v) is 8.41. The standard InChI is InChI=1S/C35H33FN4O5/c1-34(2,3)44-32(42)22-15-20(16-22)17-30-37-27-18-21(9-14-25(27)31(41)40(30)24-12-10-23(36)11-13-24)28-19-35(4,45-39-28)33-38-26-7-5-6-8-29(26)43-33/h5-14,18,20,22H,15-17,19H2,1-4H3. The third kappa shape index (κ3) is 5.49. The lowest BCUT2D eigenvalue weighted by Gasteiger charge is -2.35. The normalized spacial score (nSPS) is 21.4. The number of para-hydroxylation sites is 2. The van der Waals surface area contributed by atoms with Gasteiger partial charge in [-0.15, -0.1) is 0 Å². The van der Waals surface area contributed by atoms with Crippen LogP contribution in [0.5, 0.6) is 0 Å². The summed E-state index contributed by atoms with van der Waals surface area (Å²) in [4.78, 5) is 42.0. The second-order valence-electron chi connectivity index (χ2n) is 13.2. The Morgan fingerprint density at radius 3 is 2.53 bits per heavy atom. The molecular formula is C35H33FN4O5. The minimum absolute atomic E-state index is 0.145. The van der Waals surface area contributed by atoms with Crippen molar-refractivity contribution in [2.75, 3.05) is 0 Å². The second kappa shape index (κ2) is 10.6. The second-order valence-corrected chi connectivity index (χ2v) is 13.2. The molecule has 10 heteroatoms. The number of carbonyl (C=O) groups is 1. The van der Waals surface area contributed by atoms with E-state index in [0.29, 0.717) is 65.3 Å². The number of esters is 1. The van der Waals surface area contributed by atoms with Crippen LogP contribution in [0.3, 0.4) is 0 Å². The van der Waals surface area contributed by atoms with Crippen LogP contribution in [0, 0.1) is 17.7 Å². The van der Waals surface area contributed by atoms with Gasteiger partial charge >= 0.3 is 5.97 Å². The lowest BCUT2D eigenvalue weighted by atomic mass is 9.73. The molecule has 5 aromatic rings. The highest BCUT2D eigenvalue weighted by molar-refractivity contribution is 6.04. The lowest BCUT2D eigenvalue weighted by molar-refractivity contribution is -0.164. The van der Waals surface area contributed by atoms with E-state index in [1.807, 2.05) is 64.1 Å². The van der Waals surface area contributed by atoms with Gasteiger partial charge in [0.2, 0.25) is 11.5 Å². The number of hydrogen-bond acceptors (Lipinski definition) is 8. The van der Waals surface area contributed by atoms with Gasteiger partial charge in [0.15, 0.2) is 5.58 Å². The van der Waals surface area contributed by atoms with Crippen molar-refractivity contribution in [2.45, 2.75) is 64.6 Å². The Balaban J connectivity index is 1.19. The summed E-state index contributed by atoms with van der Waals surface area (Å²) in [7, 11) is 0. The van der Waals surface area contributed by atoms with Crippen LogP contribution in [0.15, 0.2) is 81.1 Å². The number of oxazole rings is 1. The van der Waals surface area contributed by atoms with Crippen LogP contribution in [0.2, 0.25) is 0 Å². The molecular weight excluding hydrogens is 575 g/mol. The summed E-state index contributed by atoms with van der Waals surface area (Å²) in [5.41, 5.74) is 2.24. The Morgan fingerprint density at radius 2 is 1.80 bits per heavy atom. The summed E-state index contributed by atoms with van der Waals surface area (Å²) in [5.74, 6) is 0.362. The first-order valence-corrected chi connectivity index (χ1v) is 15.1. The Labute approximate surface area is 258 Å². The highest BCUT2D eigenvalue weighted by atomic mass is 19.1. The Hall–Kier alpha value is -4.86. The summed E-state index contributed by atoms with van der Waals surface area (Å²) in [5, 5.41) is 4.80. The van der Waals surface area contributed by atoms with Crippen molar-refractivity contribution >= 4 is 33.7 Å². The number of benzene rings is 3. The molecule has 7 rings (SSSR count). The molecule has 0 N–H and O–H groups in total. The zero-order valence-corrected chi connectivity index (χ0v) is 25.5. The van der Waals surface area contributed by atoms with Crippen LogP contribution < -0.4 is 5.56 Å². The summed E-state index contributed by atoms with van der Waals surface area (Å²) in [6.45, 7) is 7.45. The van der Waals surface area contributed by atoms with Gasteiger partial charge in [0.1, 0.15) is 22.8 Å². The van der Waals surface area contributed by atoms with Crippen molar-refractivity contribution in [1.82, 2.24) is 14.5 Å². The van der Waals surface area contributed by atoms with E-state index in [9.17, 15) is 14.0 Å². The average molecular weight is 609 g/mol. The average Bonchev–Trinajstić information content (AvgIpc) is 3.59. The number of oxime groups is 1. The summed E-state index contributed by atoms with van der Waals surface area (Å²) in [6, 6.07) is 18.8. The topological polar surface area (TPSA) is 109 Å². The maximum absolute atomic E-state index is 13.9. The lowest BCUT2D eigenvalue weighted by Crippen LogP contribution is -2.37. The third-order valence-electron chi connectivity index (χ3n) is 8.41. The number of halogens is 1. The molecule has 2 aromatic heterocycles. The first-order chi connectivity index (χ1) is 21.5. The number of nitrogens with zero attached hydrogens (tertiary/aromatic N) is 4. The van der Waals surface area contributed by atoms with Crippen molar-refractivity contribution < 1.29 is 23.2 Å². The molecule has 0 spiro atoms. The SMILES string of the molecule is CC(C)(C)OC(=O)C1CC(Cc2nc3cc(C4=NOC(C)(c5nc6ccccc6o5)C4)ccc3c(=O)n2-c2ccc(F)cc2)C1. The van der Waals surface area contributed by atoms with Crippen molar-refractivity contribution in [3.05, 3.63) is 100 Å². The molecule has 0 bridgehead atoms. The van der Waals surface area contributed by atoms with Gasteiger partial charge in [-0.1, -0.05) is 23.4 Å². The molecule has 1 aliphatic carbocycles. The van der Waals surface area contributed by atoms with Crippen molar-refractivity contribution in [3.63, 3.8) is 0 Å². The molecule has 0 saturated heterocycles. The van der Waals surface area contributed by atoms with Crippen LogP contribution in [-0.4, -0.2) is 31.8 Å². The number of hydrogen-bond donors (Lipinski definition) is 0. The highest BCUT2D eigenvalue weighted by Gasteiger charge is 2.42. The number of ether oxygens (including phenoxy) is 1. The van der Waals surface area contributed by atoms with E-state index in [1.54, 1.807) is 22.8 Å². The van der Waals surface area contributed by atoms with Gasteiger partial charge in [-0.05, 0) is 95.0 Å². The van der Waals surface area contributed by atoms with Crippen LogP contribution >= 0.6 is 0 Å². The van der Waals surface area contributed by atoms with Gasteiger partial charge in [0.25, 0.3) is 5.56 Å². The van der Waals surface area contributed by atoms with Gasteiger partial charge in [0, 0.05) is 18.4 Å². The predicted octanol–water partition coefficient (Wildman–Crippen LogP) is 6.62. The maximum atomic E-state index is 13.9. The Bertz CT molecular complexity index is 2000. The zero-order valence-electron chi connectivity index (χ0n) is 25.5. The minimum Gasteiger partial charge on any atom is -0.460 e. The van der Waals surface area contributed by atoms with Crippen molar-refractivity contribution in [2.24, 2.45) is 17.0 Å². The van der Waals surface area contributed by atoms with Crippen molar-refractivity contribution in [1.29, 1.82) is 0 Å². The minimum atomic E-state index is -0.886. The summed E-state index contributed by atoms with van der Waals surface area (Å²) < 4.78 is 26.9. The first kappa shape index (κ1) is 28.9. The molecule has 1 saturated carbocycles. The molecule has 0 radical (unpaired) electrons. The molecule has 1 aliphatic heterocycles. The molecule has 1 atom stereocenters. The van der Waals surface area contributed by atoms with E-state index >= 15 is 0 Å². The first-order valence-electron chi connectivity index (χ1n) is 15.1. The van der Waals surface area contributed by atoms with Crippen LogP contribution in [-0.2, 0) is 26.4 Å². The van der Waals surface area contributed by atoms with Crippen LogP contribution in [0.4, 0.5) is 4.39 Å². The van der Waals surface area contributed by atoms with E-state index < -0.39 is 17.0 Å². The predicted molar refractivity (Wildman–Crippen MR) is 167 cm³/mol. The van der Waals surface area contributed by atoms with Crippen LogP contribution in [0.1, 0.15) is 64.2 Å². The van der Waals surface area contributed by atoms with Gasteiger partial charge < -0.3 is 14.0 Å². The number of fused-ring (bicyclic) bond motifs is 2. The fraction of sp³-hybridized carbons (Fsp3) is 0.343. The van der Waals surface area contributed by atoms with Gasteiger partial charge in [-0.2, -0.15) is 0 Å². The summed E-state index contributed by atoms with van der Waals surface area (Å²) >= 11 is 0. The largest absolute Gasteiger partial charge is 0.460 e. The molecule has 230 valence electrons. The van der Waals surface area contributed by atoms with Crippen LogP contribution in [0.25, 0.3) is 27.7 Å². The molecule has 45 heavy (non-hydrogen) atoms. The quantitative estimate of drug-likeness (QED) is 0.199. The van der Waals surface area contributed by atoms with E-state index in [2.05, 4.69) is 10.1 Å². The van der Waals surface area contributed by atoms with Gasteiger partial charge in [0.05, 0.1) is 28.2 Å². The fourth-order valence-corrected chi connectivity index (χ4v) is 6.05. The smallest absolute Gasteiger partial charge is 0.309 e. The summed E-state index contributed by atoms with van der Waals surface area (Å²) in [6.07, 6.45) is 2.19. The number of carbonyl (C=O) groups excluding carboxylic acids is 1. The highest BCUT2D eigenvalue weighted by Crippen LogP contribution is 2.39. The monoisotopic (exact) mass is 608 g/mol. The molecule has 9 nitrogen and oxygen atoms in total. The zero-order chi connectivity index (χ0) is 31.5. The van der Waals surface area contributed by atoms with Crippen molar-refractivity contribution in [3.8, 4) is 5.69 Å². The Kier molecular flexibility index (Phi) is 6.83.